The van der Waals surface area contributed by atoms with Gasteiger partial charge < -0.3 is 10.1 Å². The highest BCUT2D eigenvalue weighted by Crippen LogP contribution is 2.24. The summed E-state index contributed by atoms with van der Waals surface area (Å²) in [6.45, 7) is 3.94. The van der Waals surface area contributed by atoms with Crippen LogP contribution < -0.4 is 5.32 Å². The molecule has 1 N–H and O–H groups in total. The van der Waals surface area contributed by atoms with Crippen molar-refractivity contribution in [3.05, 3.63) is 47.5 Å². The van der Waals surface area contributed by atoms with E-state index in [-0.39, 0.29) is 12.6 Å². The molecule has 0 saturated carbocycles. The molecule has 0 bridgehead atoms. The van der Waals surface area contributed by atoms with Crippen LogP contribution >= 0.6 is 0 Å². The molecule has 2 aromatic rings. The van der Waals surface area contributed by atoms with Crippen molar-refractivity contribution < 1.29 is 13.9 Å². The summed E-state index contributed by atoms with van der Waals surface area (Å²) >= 11 is 0. The lowest BCUT2D eigenvalue weighted by Crippen LogP contribution is -2.16. The molecule has 21 heavy (non-hydrogen) atoms. The lowest BCUT2D eigenvalue weighted by Gasteiger charge is -2.16. The molecule has 1 unspecified atom stereocenters. The lowest BCUT2D eigenvalue weighted by atomic mass is 10.1. The van der Waals surface area contributed by atoms with E-state index in [0.717, 1.165) is 5.56 Å². The topological polar surface area (TPSA) is 56.1 Å². The van der Waals surface area contributed by atoms with Crippen LogP contribution in [0.25, 0.3) is 5.69 Å². The van der Waals surface area contributed by atoms with Crippen molar-refractivity contribution in [2.24, 2.45) is 0 Å². The smallest absolute Gasteiger partial charge is 0.341 e. The van der Waals surface area contributed by atoms with Crippen LogP contribution in [0.15, 0.2) is 30.6 Å². The molecule has 1 aromatic heterocycles. The highest BCUT2D eigenvalue weighted by atomic mass is 19.1. The molecule has 0 saturated heterocycles. The van der Waals surface area contributed by atoms with Crippen molar-refractivity contribution in [3.63, 3.8) is 0 Å². The summed E-state index contributed by atoms with van der Waals surface area (Å²) in [5, 5.41) is 7.15. The number of ether oxygens (including phenoxy) is 1. The first-order valence-corrected chi connectivity index (χ1v) is 6.76. The average molecular weight is 291 g/mol. The number of halogens is 1. The molecule has 5 nitrogen and oxygen atoms in total. The molecular formula is C15H18FN3O2. The Labute approximate surface area is 122 Å². The van der Waals surface area contributed by atoms with Crippen molar-refractivity contribution >= 4 is 5.97 Å². The van der Waals surface area contributed by atoms with Crippen LogP contribution in [0.3, 0.4) is 0 Å². The van der Waals surface area contributed by atoms with Crippen LogP contribution in [0.2, 0.25) is 0 Å². The van der Waals surface area contributed by atoms with Crippen molar-refractivity contribution in [1.82, 2.24) is 15.1 Å². The molecule has 1 aromatic carbocycles. The highest BCUT2D eigenvalue weighted by Gasteiger charge is 2.17. The van der Waals surface area contributed by atoms with Crippen LogP contribution in [-0.2, 0) is 4.74 Å². The Bertz CT molecular complexity index is 640. The number of nitrogens with one attached hydrogen (secondary N) is 1. The van der Waals surface area contributed by atoms with Crippen LogP contribution in [0.1, 0.15) is 35.8 Å². The van der Waals surface area contributed by atoms with E-state index in [1.165, 1.54) is 23.1 Å². The van der Waals surface area contributed by atoms with Crippen LogP contribution in [-0.4, -0.2) is 29.4 Å². The molecule has 6 heteroatoms. The lowest BCUT2D eigenvalue weighted by molar-refractivity contribution is 0.0526. The Kier molecular flexibility index (Phi) is 4.70. The van der Waals surface area contributed by atoms with Crippen molar-refractivity contribution in [1.29, 1.82) is 0 Å². The quantitative estimate of drug-likeness (QED) is 0.860. The Hall–Kier alpha value is -2.21. The minimum atomic E-state index is -0.469. The molecule has 0 fully saturated rings. The van der Waals surface area contributed by atoms with E-state index in [2.05, 4.69) is 10.4 Å². The number of hydrogen-bond acceptors (Lipinski definition) is 4. The average Bonchev–Trinajstić information content (AvgIpc) is 2.96. The van der Waals surface area contributed by atoms with E-state index in [1.54, 1.807) is 20.0 Å². The van der Waals surface area contributed by atoms with Gasteiger partial charge in [-0.15, -0.1) is 0 Å². The van der Waals surface area contributed by atoms with Crippen LogP contribution in [0, 0.1) is 5.82 Å². The Morgan fingerprint density at radius 1 is 1.52 bits per heavy atom. The van der Waals surface area contributed by atoms with E-state index in [4.69, 9.17) is 4.74 Å². The SMILES string of the molecule is CCOC(=O)c1cnn(-c2c(F)cccc2C(C)NC)c1. The number of carbonyl (C=O) groups is 1. The summed E-state index contributed by atoms with van der Waals surface area (Å²) in [4.78, 5) is 11.7. The Balaban J connectivity index is 2.45. The number of rotatable bonds is 5. The van der Waals surface area contributed by atoms with E-state index in [1.807, 2.05) is 13.0 Å². The largest absolute Gasteiger partial charge is 0.462 e. The molecule has 1 heterocycles. The molecular weight excluding hydrogens is 273 g/mol. The predicted octanol–water partition coefficient (Wildman–Crippen LogP) is 2.47. The van der Waals surface area contributed by atoms with Gasteiger partial charge in [0, 0.05) is 12.2 Å². The highest BCUT2D eigenvalue weighted by molar-refractivity contribution is 5.88. The molecule has 0 aliphatic rings. The zero-order chi connectivity index (χ0) is 15.4. The van der Waals surface area contributed by atoms with Crippen molar-refractivity contribution in [2.75, 3.05) is 13.7 Å². The summed E-state index contributed by atoms with van der Waals surface area (Å²) in [5.74, 6) is -0.864. The summed E-state index contributed by atoms with van der Waals surface area (Å²) in [6.07, 6.45) is 2.85. The first-order chi connectivity index (χ1) is 10.1. The second kappa shape index (κ2) is 6.49. The third kappa shape index (κ3) is 3.11. The maximum Gasteiger partial charge on any atom is 0.341 e. The van der Waals surface area contributed by atoms with Gasteiger partial charge >= 0.3 is 5.97 Å². The summed E-state index contributed by atoms with van der Waals surface area (Å²) in [6, 6.07) is 4.79. The minimum Gasteiger partial charge on any atom is -0.462 e. The van der Waals surface area contributed by atoms with Gasteiger partial charge in [-0.05, 0) is 32.5 Å². The zero-order valence-electron chi connectivity index (χ0n) is 12.3. The molecule has 2 rings (SSSR count). The van der Waals surface area contributed by atoms with Gasteiger partial charge in [-0.25, -0.2) is 13.9 Å². The fourth-order valence-corrected chi connectivity index (χ4v) is 2.04. The molecule has 1 atom stereocenters. The third-order valence-corrected chi connectivity index (χ3v) is 3.24. The van der Waals surface area contributed by atoms with E-state index < -0.39 is 11.8 Å². The van der Waals surface area contributed by atoms with Crippen molar-refractivity contribution in [3.8, 4) is 5.69 Å². The molecule has 0 aliphatic heterocycles. The number of aromatic nitrogens is 2. The summed E-state index contributed by atoms with van der Waals surface area (Å²) < 4.78 is 20.5. The van der Waals surface area contributed by atoms with E-state index in [0.29, 0.717) is 11.3 Å². The van der Waals surface area contributed by atoms with Gasteiger partial charge in [0.15, 0.2) is 0 Å². The molecule has 112 valence electrons. The molecule has 0 aliphatic carbocycles. The van der Waals surface area contributed by atoms with Gasteiger partial charge in [0.05, 0.1) is 18.4 Å². The maximum atomic E-state index is 14.2. The predicted molar refractivity (Wildman–Crippen MR) is 77.0 cm³/mol. The van der Waals surface area contributed by atoms with Crippen LogP contribution in [0.5, 0.6) is 0 Å². The van der Waals surface area contributed by atoms with Gasteiger partial charge in [0.25, 0.3) is 0 Å². The number of para-hydroxylation sites is 1. The van der Waals surface area contributed by atoms with Gasteiger partial charge in [-0.1, -0.05) is 12.1 Å². The minimum absolute atomic E-state index is 0.0501. The Morgan fingerprint density at radius 2 is 2.29 bits per heavy atom. The Morgan fingerprint density at radius 3 is 2.95 bits per heavy atom. The zero-order valence-corrected chi connectivity index (χ0v) is 12.3. The number of benzene rings is 1. The summed E-state index contributed by atoms with van der Waals surface area (Å²) in [5.41, 5.74) is 1.38. The van der Waals surface area contributed by atoms with E-state index >= 15 is 0 Å². The second-order valence-electron chi connectivity index (χ2n) is 4.58. The fraction of sp³-hybridized carbons (Fsp3) is 0.333. The number of nitrogens with zero attached hydrogens (tertiary/aromatic N) is 2. The number of hydrogen-bond donors (Lipinski definition) is 1. The third-order valence-electron chi connectivity index (χ3n) is 3.24. The summed E-state index contributed by atoms with van der Waals surface area (Å²) in [7, 11) is 1.80. The number of carbonyl (C=O) groups excluding carboxylic acids is 1. The first-order valence-electron chi connectivity index (χ1n) is 6.76. The monoisotopic (exact) mass is 291 g/mol. The molecule has 0 radical (unpaired) electrons. The molecule has 0 spiro atoms. The fourth-order valence-electron chi connectivity index (χ4n) is 2.04. The number of esters is 1. The first kappa shape index (κ1) is 15.2. The van der Waals surface area contributed by atoms with Gasteiger partial charge in [0.1, 0.15) is 11.5 Å². The molecule has 0 amide bonds. The standard InChI is InChI=1S/C15H18FN3O2/c1-4-21-15(20)11-8-18-19(9-11)14-12(10(2)17-3)6-5-7-13(14)16/h5-10,17H,4H2,1-3H3. The van der Waals surface area contributed by atoms with Gasteiger partial charge in [-0.2, -0.15) is 5.10 Å². The van der Waals surface area contributed by atoms with Gasteiger partial charge in [0.2, 0.25) is 0 Å². The maximum absolute atomic E-state index is 14.2. The van der Waals surface area contributed by atoms with E-state index in [9.17, 15) is 9.18 Å². The van der Waals surface area contributed by atoms with Gasteiger partial charge in [-0.3, -0.25) is 0 Å². The van der Waals surface area contributed by atoms with Crippen molar-refractivity contribution in [2.45, 2.75) is 19.9 Å². The second-order valence-corrected chi connectivity index (χ2v) is 4.58. The normalized spacial score (nSPS) is 12.2. The van der Waals surface area contributed by atoms with Crippen LogP contribution in [0.4, 0.5) is 4.39 Å².